The van der Waals surface area contributed by atoms with E-state index in [9.17, 15) is 15.0 Å². The van der Waals surface area contributed by atoms with Crippen LogP contribution < -0.4 is 10.6 Å². The fraction of sp³-hybridized carbons (Fsp3) is 0.533. The monoisotopic (exact) mass is 614 g/mol. The van der Waals surface area contributed by atoms with E-state index in [1.807, 2.05) is 19.1 Å². The molecule has 3 aromatic rings. The van der Waals surface area contributed by atoms with Crippen molar-refractivity contribution >= 4 is 40.0 Å². The first-order valence-electron chi connectivity index (χ1n) is 14.6. The van der Waals surface area contributed by atoms with Gasteiger partial charge in [-0.05, 0) is 80.8 Å². The molecule has 0 aromatic carbocycles. The zero-order valence-corrected chi connectivity index (χ0v) is 25.5. The number of aliphatic hydroxyl groups excluding tert-OH is 2. The van der Waals surface area contributed by atoms with Crippen molar-refractivity contribution in [3.8, 4) is 0 Å². The Morgan fingerprint density at radius 2 is 1.95 bits per heavy atom. The lowest BCUT2D eigenvalue weighted by molar-refractivity contribution is 0.00182. The van der Waals surface area contributed by atoms with Gasteiger partial charge in [-0.15, -0.1) is 0 Å². The van der Waals surface area contributed by atoms with Crippen molar-refractivity contribution in [1.82, 2.24) is 25.2 Å². The molecule has 1 saturated carbocycles. The average molecular weight is 615 g/mol. The number of pyridine rings is 2. The van der Waals surface area contributed by atoms with Gasteiger partial charge in [0.25, 0.3) is 5.91 Å². The van der Waals surface area contributed by atoms with Crippen LogP contribution in [0.15, 0.2) is 45.9 Å². The highest BCUT2D eigenvalue weighted by Gasteiger charge is 2.42. The third-order valence-electron chi connectivity index (χ3n) is 8.52. The van der Waals surface area contributed by atoms with Crippen LogP contribution in [0.25, 0.3) is 0 Å². The van der Waals surface area contributed by atoms with Gasteiger partial charge in [-0.3, -0.25) is 4.79 Å². The van der Waals surface area contributed by atoms with Crippen LogP contribution in [0.1, 0.15) is 61.0 Å². The molecule has 1 saturated heterocycles. The second kappa shape index (κ2) is 14.2. The average Bonchev–Trinajstić information content (AvgIpc) is 3.44. The number of aliphatic hydroxyl groups is 2. The smallest absolute Gasteiger partial charge is 0.272 e. The normalized spacial score (nSPS) is 18.5. The fourth-order valence-corrected chi connectivity index (χ4v) is 8.04. The van der Waals surface area contributed by atoms with Gasteiger partial charge in [0, 0.05) is 25.5 Å². The third kappa shape index (κ3) is 7.65. The molecular formula is C30H39FN6O3S2. The molecule has 1 amide bonds. The molecule has 0 unspecified atom stereocenters. The number of carbonyl (C=O) groups excluding carboxylic acids is 1. The lowest BCUT2D eigenvalue weighted by atomic mass is 9.63. The molecule has 3 aromatic heterocycles. The summed E-state index contributed by atoms with van der Waals surface area (Å²) in [5.74, 6) is 0.0536. The molecule has 9 nitrogen and oxygen atoms in total. The number of hydrogen-bond donors (Lipinski definition) is 4. The second-order valence-electron chi connectivity index (χ2n) is 11.4. The molecule has 226 valence electrons. The van der Waals surface area contributed by atoms with E-state index in [0.29, 0.717) is 34.9 Å². The topological polar surface area (TPSA) is 124 Å². The van der Waals surface area contributed by atoms with Crippen LogP contribution in [0.5, 0.6) is 0 Å². The van der Waals surface area contributed by atoms with Crippen LogP contribution in [0.2, 0.25) is 0 Å². The van der Waals surface area contributed by atoms with Crippen molar-refractivity contribution in [1.29, 1.82) is 0 Å². The molecule has 12 heteroatoms. The number of nitrogens with zero attached hydrogens (tertiary/aromatic N) is 4. The zero-order chi connectivity index (χ0) is 29.5. The van der Waals surface area contributed by atoms with Crippen LogP contribution in [0.4, 0.5) is 15.3 Å². The molecule has 1 atom stereocenters. The number of piperidine rings is 1. The summed E-state index contributed by atoms with van der Waals surface area (Å²) in [4.78, 5) is 28.6. The van der Waals surface area contributed by atoms with Gasteiger partial charge in [-0.1, -0.05) is 42.4 Å². The van der Waals surface area contributed by atoms with Gasteiger partial charge in [0.1, 0.15) is 5.82 Å². The van der Waals surface area contributed by atoms with Gasteiger partial charge in [-0.2, -0.15) is 0 Å². The van der Waals surface area contributed by atoms with Crippen molar-refractivity contribution < 1.29 is 19.4 Å². The Labute approximate surface area is 254 Å². The van der Waals surface area contributed by atoms with Crippen LogP contribution in [-0.2, 0) is 0 Å². The highest BCUT2D eigenvalue weighted by atomic mass is 32.2. The van der Waals surface area contributed by atoms with Gasteiger partial charge in [0.05, 0.1) is 28.0 Å². The summed E-state index contributed by atoms with van der Waals surface area (Å²) < 4.78 is 16.4. The fourth-order valence-electron chi connectivity index (χ4n) is 6.17. The summed E-state index contributed by atoms with van der Waals surface area (Å²) in [7, 11) is 0. The van der Waals surface area contributed by atoms with E-state index in [1.54, 1.807) is 18.5 Å². The number of rotatable bonds is 11. The van der Waals surface area contributed by atoms with Crippen molar-refractivity contribution in [2.24, 2.45) is 11.3 Å². The SMILES string of the molecule is Cc1ccnc(Nc2ncc(Sc3ccnc(C(=O)NCC4(C5CCCCC5)CCN(C[C@H](O)CO)CC4)c3F)s2)c1. The Kier molecular flexibility index (Phi) is 10.4. The van der Waals surface area contributed by atoms with Crippen molar-refractivity contribution in [2.75, 3.05) is 38.1 Å². The van der Waals surface area contributed by atoms with E-state index in [4.69, 9.17) is 0 Å². The third-order valence-corrected chi connectivity index (χ3v) is 10.6. The molecule has 1 aliphatic carbocycles. The Balaban J connectivity index is 1.23. The molecule has 42 heavy (non-hydrogen) atoms. The molecule has 2 fully saturated rings. The number of nitrogens with one attached hydrogen (secondary N) is 2. The minimum absolute atomic E-state index is 0.0717. The van der Waals surface area contributed by atoms with Gasteiger partial charge >= 0.3 is 0 Å². The van der Waals surface area contributed by atoms with E-state index in [0.717, 1.165) is 48.5 Å². The Hall–Kier alpha value is -2.64. The lowest BCUT2D eigenvalue weighted by Crippen LogP contribution is -2.51. The first-order chi connectivity index (χ1) is 20.3. The molecule has 0 spiro atoms. The predicted octanol–water partition coefficient (Wildman–Crippen LogP) is 5.02. The summed E-state index contributed by atoms with van der Waals surface area (Å²) in [5.41, 5.74) is 0.808. The number of hydrogen-bond acceptors (Lipinski definition) is 10. The van der Waals surface area contributed by atoms with Crippen LogP contribution in [0.3, 0.4) is 0 Å². The number of β-amino-alcohol motifs (C(OH)–C–C–N with tert-alkyl or cyclic N) is 1. The molecule has 1 aliphatic heterocycles. The van der Waals surface area contributed by atoms with E-state index in [1.165, 1.54) is 48.6 Å². The number of anilines is 2. The molecule has 2 aliphatic rings. The Morgan fingerprint density at radius 1 is 1.19 bits per heavy atom. The standard InChI is InChI=1S/C30H39FN6O3S2/c1-20-7-11-32-24(15-20)36-29-34-16-25(42-29)41-23-8-12-33-27(26(23)31)28(40)35-19-30(21-5-3-2-4-6-21)9-13-37(14-10-30)17-22(39)18-38/h7-8,11-12,15-16,21-22,38-39H,2-6,9-10,13-14,17-19H2,1H3,(H,35,40)(H,32,34,36)/t22-/m0/s1. The number of amides is 1. The second-order valence-corrected chi connectivity index (χ2v) is 13.8. The molecule has 4 N–H and O–H groups in total. The Morgan fingerprint density at radius 3 is 2.69 bits per heavy atom. The summed E-state index contributed by atoms with van der Waals surface area (Å²) in [6.45, 7) is 4.26. The summed E-state index contributed by atoms with van der Waals surface area (Å²) in [6, 6.07) is 5.41. The van der Waals surface area contributed by atoms with Gasteiger partial charge in [0.2, 0.25) is 0 Å². The molecule has 5 rings (SSSR count). The van der Waals surface area contributed by atoms with Crippen LogP contribution in [0, 0.1) is 24.1 Å². The largest absolute Gasteiger partial charge is 0.394 e. The summed E-state index contributed by atoms with van der Waals surface area (Å²) in [5, 5.41) is 26.0. The number of thiazole rings is 1. The highest BCUT2D eigenvalue weighted by Crippen LogP contribution is 2.45. The molecule has 0 bridgehead atoms. The maximum Gasteiger partial charge on any atom is 0.272 e. The summed E-state index contributed by atoms with van der Waals surface area (Å²) >= 11 is 2.59. The van der Waals surface area contributed by atoms with Crippen molar-refractivity contribution in [2.45, 2.75) is 67.1 Å². The van der Waals surface area contributed by atoms with E-state index >= 15 is 4.39 Å². The zero-order valence-electron chi connectivity index (χ0n) is 23.9. The number of halogens is 1. The predicted molar refractivity (Wildman–Crippen MR) is 163 cm³/mol. The summed E-state index contributed by atoms with van der Waals surface area (Å²) in [6.07, 6.45) is 11.8. The molecule has 0 radical (unpaired) electrons. The quantitative estimate of drug-likeness (QED) is 0.236. The molecular weight excluding hydrogens is 576 g/mol. The first kappa shape index (κ1) is 30.8. The minimum atomic E-state index is -0.746. The Bertz CT molecular complexity index is 1340. The van der Waals surface area contributed by atoms with Crippen LogP contribution >= 0.6 is 23.1 Å². The van der Waals surface area contributed by atoms with Gasteiger partial charge < -0.3 is 25.7 Å². The maximum atomic E-state index is 15.6. The van der Waals surface area contributed by atoms with Crippen molar-refractivity contribution in [3.05, 3.63) is 53.9 Å². The maximum absolute atomic E-state index is 15.6. The van der Waals surface area contributed by atoms with E-state index in [-0.39, 0.29) is 17.7 Å². The minimum Gasteiger partial charge on any atom is -0.394 e. The lowest BCUT2D eigenvalue weighted by Gasteiger charge is -2.48. The van der Waals surface area contributed by atoms with E-state index < -0.39 is 17.8 Å². The highest BCUT2D eigenvalue weighted by molar-refractivity contribution is 8.01. The van der Waals surface area contributed by atoms with Gasteiger partial charge in [0.15, 0.2) is 16.6 Å². The molecule has 4 heterocycles. The number of carbonyl (C=O) groups is 1. The first-order valence-corrected chi connectivity index (χ1v) is 16.3. The number of aryl methyl sites for hydroxylation is 1. The van der Waals surface area contributed by atoms with Crippen molar-refractivity contribution in [3.63, 3.8) is 0 Å². The number of aromatic nitrogens is 3. The van der Waals surface area contributed by atoms with E-state index in [2.05, 4.69) is 30.5 Å². The number of likely N-dealkylation sites (tertiary alicyclic amines) is 1. The van der Waals surface area contributed by atoms with Gasteiger partial charge in [-0.25, -0.2) is 19.3 Å². The van der Waals surface area contributed by atoms with Crippen LogP contribution in [-0.4, -0.2) is 74.9 Å².